The number of nitrogens with zero attached hydrogens (tertiary/aromatic N) is 3. The lowest BCUT2D eigenvalue weighted by Gasteiger charge is -2.34. The number of carbonyl (C=O) groups is 1. The van der Waals surface area contributed by atoms with Crippen LogP contribution in [0.2, 0.25) is 0 Å². The van der Waals surface area contributed by atoms with Crippen molar-refractivity contribution in [1.29, 1.82) is 0 Å². The quantitative estimate of drug-likeness (QED) is 0.533. The van der Waals surface area contributed by atoms with Gasteiger partial charge in [0.05, 0.1) is 19.1 Å². The zero-order valence-corrected chi connectivity index (χ0v) is 20.2. The standard InChI is InChI=1S/C25H33N3O4S/c1-32-24-13-6-12-23(21-24)28(33(2,30)31)16-8-14-25(29)27-19-17-26(18-20-27)15-7-11-22-9-4-3-5-10-22/h3-7,9-13,21H,8,14-20H2,1-2H3/b11-7+. The lowest BCUT2D eigenvalue weighted by molar-refractivity contribution is -0.132. The molecule has 178 valence electrons. The summed E-state index contributed by atoms with van der Waals surface area (Å²) in [6, 6.07) is 17.2. The van der Waals surface area contributed by atoms with Gasteiger partial charge in [-0.25, -0.2) is 8.42 Å². The van der Waals surface area contributed by atoms with E-state index in [0.717, 1.165) is 19.6 Å². The molecule has 2 aromatic carbocycles. The van der Waals surface area contributed by atoms with E-state index in [2.05, 4.69) is 29.2 Å². The summed E-state index contributed by atoms with van der Waals surface area (Å²) in [7, 11) is -1.92. The average molecular weight is 472 g/mol. The van der Waals surface area contributed by atoms with Crippen LogP contribution in [0.15, 0.2) is 60.7 Å². The minimum Gasteiger partial charge on any atom is -0.497 e. The van der Waals surface area contributed by atoms with E-state index < -0.39 is 10.0 Å². The third-order valence-electron chi connectivity index (χ3n) is 5.69. The Balaban J connectivity index is 1.44. The molecular formula is C25H33N3O4S. The number of sulfonamides is 1. The first kappa shape index (κ1) is 24.8. The minimum absolute atomic E-state index is 0.0774. The largest absolute Gasteiger partial charge is 0.497 e. The summed E-state index contributed by atoms with van der Waals surface area (Å²) in [6.45, 7) is 4.18. The number of ether oxygens (including phenoxy) is 1. The van der Waals surface area contributed by atoms with Crippen LogP contribution in [0, 0.1) is 0 Å². The van der Waals surface area contributed by atoms with Crippen LogP contribution in [0.25, 0.3) is 6.08 Å². The van der Waals surface area contributed by atoms with Crippen molar-refractivity contribution < 1.29 is 17.9 Å². The number of methoxy groups -OCH3 is 1. The first-order valence-electron chi connectivity index (χ1n) is 11.2. The van der Waals surface area contributed by atoms with E-state index >= 15 is 0 Å². The Morgan fingerprint density at radius 2 is 1.79 bits per heavy atom. The third-order valence-corrected chi connectivity index (χ3v) is 6.89. The Kier molecular flexibility index (Phi) is 8.91. The van der Waals surface area contributed by atoms with Crippen LogP contribution in [0.1, 0.15) is 18.4 Å². The van der Waals surface area contributed by atoms with E-state index in [-0.39, 0.29) is 12.5 Å². The number of anilines is 1. The highest BCUT2D eigenvalue weighted by Crippen LogP contribution is 2.23. The maximum absolute atomic E-state index is 12.7. The summed E-state index contributed by atoms with van der Waals surface area (Å²) in [6.07, 6.45) is 6.24. The van der Waals surface area contributed by atoms with E-state index in [1.165, 1.54) is 16.1 Å². The number of rotatable bonds is 10. The van der Waals surface area contributed by atoms with Gasteiger partial charge in [-0.1, -0.05) is 48.6 Å². The highest BCUT2D eigenvalue weighted by atomic mass is 32.2. The third kappa shape index (κ3) is 7.61. The number of carbonyl (C=O) groups excluding carboxylic acids is 1. The molecular weight excluding hydrogens is 438 g/mol. The summed E-state index contributed by atoms with van der Waals surface area (Å²) >= 11 is 0. The highest BCUT2D eigenvalue weighted by Gasteiger charge is 2.22. The Morgan fingerprint density at radius 3 is 2.45 bits per heavy atom. The Morgan fingerprint density at radius 1 is 1.06 bits per heavy atom. The second-order valence-corrected chi connectivity index (χ2v) is 10.0. The molecule has 0 saturated carbocycles. The Labute approximate surface area is 197 Å². The van der Waals surface area contributed by atoms with Crippen LogP contribution < -0.4 is 9.04 Å². The van der Waals surface area contributed by atoms with Crippen LogP contribution in [-0.4, -0.2) is 76.8 Å². The van der Waals surface area contributed by atoms with Crippen molar-refractivity contribution in [3.05, 3.63) is 66.2 Å². The Hall–Kier alpha value is -2.84. The highest BCUT2D eigenvalue weighted by molar-refractivity contribution is 7.92. The number of hydrogen-bond donors (Lipinski definition) is 0. The van der Waals surface area contributed by atoms with E-state index in [1.54, 1.807) is 31.4 Å². The van der Waals surface area contributed by atoms with Gasteiger partial charge in [0.1, 0.15) is 5.75 Å². The van der Waals surface area contributed by atoms with Crippen molar-refractivity contribution in [1.82, 2.24) is 9.80 Å². The fourth-order valence-electron chi connectivity index (χ4n) is 3.87. The van der Waals surface area contributed by atoms with Crippen molar-refractivity contribution >= 4 is 27.7 Å². The molecule has 1 amide bonds. The van der Waals surface area contributed by atoms with Gasteiger partial charge < -0.3 is 9.64 Å². The predicted molar refractivity (Wildman–Crippen MR) is 133 cm³/mol. The monoisotopic (exact) mass is 471 g/mol. The molecule has 1 saturated heterocycles. The predicted octanol–water partition coefficient (Wildman–Crippen LogP) is 3.10. The van der Waals surface area contributed by atoms with Crippen molar-refractivity contribution in [3.63, 3.8) is 0 Å². The molecule has 1 heterocycles. The number of piperazine rings is 1. The van der Waals surface area contributed by atoms with Crippen molar-refractivity contribution in [2.24, 2.45) is 0 Å². The first-order chi connectivity index (χ1) is 15.9. The van der Waals surface area contributed by atoms with Gasteiger partial charge in [0, 0.05) is 51.8 Å². The van der Waals surface area contributed by atoms with Crippen LogP contribution in [0.4, 0.5) is 5.69 Å². The van der Waals surface area contributed by atoms with Gasteiger partial charge in [-0.2, -0.15) is 0 Å². The topological polar surface area (TPSA) is 70.2 Å². The van der Waals surface area contributed by atoms with Gasteiger partial charge in [0.25, 0.3) is 0 Å². The maximum Gasteiger partial charge on any atom is 0.232 e. The van der Waals surface area contributed by atoms with Crippen LogP contribution in [0.5, 0.6) is 5.75 Å². The smallest absolute Gasteiger partial charge is 0.232 e. The van der Waals surface area contributed by atoms with Gasteiger partial charge in [-0.3, -0.25) is 14.0 Å². The fraction of sp³-hybridized carbons (Fsp3) is 0.400. The molecule has 7 nitrogen and oxygen atoms in total. The number of amides is 1. The zero-order chi connectivity index (χ0) is 23.7. The molecule has 0 spiro atoms. The van der Waals surface area contributed by atoms with E-state index in [9.17, 15) is 13.2 Å². The van der Waals surface area contributed by atoms with Gasteiger partial charge in [-0.05, 0) is 24.1 Å². The summed E-state index contributed by atoms with van der Waals surface area (Å²) in [4.78, 5) is 16.9. The van der Waals surface area contributed by atoms with Crippen molar-refractivity contribution in [3.8, 4) is 5.75 Å². The molecule has 33 heavy (non-hydrogen) atoms. The Bertz CT molecular complexity index is 1030. The molecule has 1 aliphatic rings. The zero-order valence-electron chi connectivity index (χ0n) is 19.4. The molecule has 1 aliphatic heterocycles. The summed E-state index contributed by atoms with van der Waals surface area (Å²) in [5.41, 5.74) is 1.73. The molecule has 1 fully saturated rings. The molecule has 3 rings (SSSR count). The molecule has 0 aliphatic carbocycles. The van der Waals surface area contributed by atoms with Crippen LogP contribution in [0.3, 0.4) is 0 Å². The lowest BCUT2D eigenvalue weighted by Crippen LogP contribution is -2.48. The minimum atomic E-state index is -3.46. The van der Waals surface area contributed by atoms with E-state index in [0.29, 0.717) is 37.4 Å². The maximum atomic E-state index is 12.7. The van der Waals surface area contributed by atoms with Gasteiger partial charge in [0.15, 0.2) is 0 Å². The van der Waals surface area contributed by atoms with Crippen molar-refractivity contribution in [2.45, 2.75) is 12.8 Å². The first-order valence-corrected chi connectivity index (χ1v) is 13.0. The second-order valence-electron chi connectivity index (χ2n) is 8.13. The van der Waals surface area contributed by atoms with E-state index in [4.69, 9.17) is 4.74 Å². The molecule has 8 heteroatoms. The summed E-state index contributed by atoms with van der Waals surface area (Å²) in [5, 5.41) is 0. The lowest BCUT2D eigenvalue weighted by atomic mass is 10.2. The molecule has 0 N–H and O–H groups in total. The normalized spacial score (nSPS) is 15.0. The molecule has 2 aromatic rings. The second kappa shape index (κ2) is 11.9. The molecule has 0 aromatic heterocycles. The fourth-order valence-corrected chi connectivity index (χ4v) is 4.82. The van der Waals surface area contributed by atoms with Crippen molar-refractivity contribution in [2.75, 3.05) is 56.9 Å². The van der Waals surface area contributed by atoms with E-state index in [1.807, 2.05) is 23.1 Å². The molecule has 0 bridgehead atoms. The van der Waals surface area contributed by atoms with Gasteiger partial charge >= 0.3 is 0 Å². The average Bonchev–Trinajstić information content (AvgIpc) is 2.82. The van der Waals surface area contributed by atoms with Crippen LogP contribution >= 0.6 is 0 Å². The molecule has 0 unspecified atom stereocenters. The van der Waals surface area contributed by atoms with Crippen LogP contribution in [-0.2, 0) is 14.8 Å². The summed E-state index contributed by atoms with van der Waals surface area (Å²) < 4.78 is 31.1. The molecule has 0 radical (unpaired) electrons. The molecule has 0 atom stereocenters. The van der Waals surface area contributed by atoms with Gasteiger partial charge in [-0.15, -0.1) is 0 Å². The van der Waals surface area contributed by atoms with Gasteiger partial charge in [0.2, 0.25) is 15.9 Å². The number of benzene rings is 2. The summed E-state index contributed by atoms with van der Waals surface area (Å²) in [5.74, 6) is 0.669. The SMILES string of the molecule is COc1cccc(N(CCCC(=O)N2CCN(C/C=C/c3ccccc3)CC2)S(C)(=O)=O)c1. The number of hydrogen-bond acceptors (Lipinski definition) is 5.